The van der Waals surface area contributed by atoms with Crippen LogP contribution >= 0.6 is 0 Å². The van der Waals surface area contributed by atoms with E-state index in [0.717, 1.165) is 62.1 Å². The SMILES string of the molecule is c1coc(CN2C3CC4N(Cc5ccco5)C2CC(N3Cc2ccco2)N4Cc2ccco2)c1. The van der Waals surface area contributed by atoms with Gasteiger partial charge in [0.05, 0.1) is 75.9 Å². The molecule has 0 aromatic carbocycles. The van der Waals surface area contributed by atoms with Gasteiger partial charge in [-0.3, -0.25) is 19.6 Å². The lowest BCUT2D eigenvalue weighted by molar-refractivity contribution is -0.295. The Balaban J connectivity index is 1.25. The molecule has 4 aromatic rings. The van der Waals surface area contributed by atoms with Crippen LogP contribution in [0.2, 0.25) is 0 Å². The van der Waals surface area contributed by atoms with Crippen LogP contribution in [0.5, 0.6) is 0 Å². The number of rotatable bonds is 8. The minimum absolute atomic E-state index is 0.296. The first-order chi connectivity index (χ1) is 16.8. The molecule has 8 heterocycles. The molecule has 4 aromatic heterocycles. The van der Waals surface area contributed by atoms with Gasteiger partial charge < -0.3 is 17.7 Å². The monoisotopic (exact) mass is 460 g/mol. The van der Waals surface area contributed by atoms with Crippen molar-refractivity contribution in [3.8, 4) is 0 Å². The second-order valence-corrected chi connectivity index (χ2v) is 9.40. The van der Waals surface area contributed by atoms with E-state index in [0.29, 0.717) is 24.7 Å². The summed E-state index contributed by atoms with van der Waals surface area (Å²) in [6.45, 7) is 3.12. The summed E-state index contributed by atoms with van der Waals surface area (Å²) in [6, 6.07) is 16.2. The molecule has 4 saturated heterocycles. The molecule has 4 aliphatic heterocycles. The van der Waals surface area contributed by atoms with E-state index in [1.165, 1.54) is 0 Å². The standard InChI is InChI=1S/C26H28N4O4/c1-5-19(31-9-1)15-27-23-13-26-29(17-21-7-3-11-33-21)24(27)14-25(28(23)16-20-6-2-10-32-20)30(26)18-22-8-4-12-34-22/h1-12,23-26H,13-18H2. The van der Waals surface area contributed by atoms with Gasteiger partial charge in [-0.15, -0.1) is 0 Å². The Hall–Kier alpha value is -3.04. The van der Waals surface area contributed by atoms with Crippen LogP contribution in [0.4, 0.5) is 0 Å². The predicted molar refractivity (Wildman–Crippen MR) is 121 cm³/mol. The minimum atomic E-state index is 0.296. The molecule has 4 aliphatic rings. The Kier molecular flexibility index (Phi) is 4.98. The van der Waals surface area contributed by atoms with Gasteiger partial charge in [0.2, 0.25) is 0 Å². The lowest BCUT2D eigenvalue weighted by Crippen LogP contribution is -2.81. The minimum Gasteiger partial charge on any atom is -0.468 e. The van der Waals surface area contributed by atoms with Crippen LogP contribution in [-0.4, -0.2) is 44.3 Å². The van der Waals surface area contributed by atoms with E-state index in [1.54, 1.807) is 25.1 Å². The quantitative estimate of drug-likeness (QED) is 0.381. The highest BCUT2D eigenvalue weighted by atomic mass is 16.3. The number of furan rings is 4. The molecule has 0 radical (unpaired) electrons. The van der Waals surface area contributed by atoms with Gasteiger partial charge in [0.1, 0.15) is 23.0 Å². The summed E-state index contributed by atoms with van der Waals surface area (Å²) in [5.74, 6) is 3.98. The van der Waals surface area contributed by atoms with Gasteiger partial charge in [-0.05, 0) is 48.5 Å². The molecular formula is C26H28N4O4. The molecule has 8 heteroatoms. The van der Waals surface area contributed by atoms with Crippen LogP contribution in [0.25, 0.3) is 0 Å². The van der Waals surface area contributed by atoms with Crippen LogP contribution < -0.4 is 0 Å². The number of nitrogens with zero attached hydrogens (tertiary/aromatic N) is 4. The Bertz CT molecular complexity index is 969. The Labute approximate surface area is 197 Å². The second-order valence-electron chi connectivity index (χ2n) is 9.40. The Morgan fingerprint density at radius 2 is 0.735 bits per heavy atom. The molecule has 4 bridgehead atoms. The summed E-state index contributed by atoms with van der Waals surface area (Å²) in [7, 11) is 0. The third kappa shape index (κ3) is 3.45. The smallest absolute Gasteiger partial charge is 0.117 e. The van der Waals surface area contributed by atoms with E-state index in [-0.39, 0.29) is 0 Å². The molecule has 8 rings (SSSR count). The zero-order chi connectivity index (χ0) is 22.5. The molecule has 0 amide bonds. The topological polar surface area (TPSA) is 65.5 Å². The van der Waals surface area contributed by atoms with E-state index < -0.39 is 0 Å². The van der Waals surface area contributed by atoms with Crippen molar-refractivity contribution < 1.29 is 17.7 Å². The first-order valence-corrected chi connectivity index (χ1v) is 12.0. The third-order valence-corrected chi connectivity index (χ3v) is 7.58. The van der Waals surface area contributed by atoms with E-state index in [2.05, 4.69) is 43.9 Å². The van der Waals surface area contributed by atoms with E-state index >= 15 is 0 Å². The fourth-order valence-corrected chi connectivity index (χ4v) is 6.19. The van der Waals surface area contributed by atoms with Crippen LogP contribution in [0.1, 0.15) is 35.9 Å². The molecule has 176 valence electrons. The van der Waals surface area contributed by atoms with Crippen molar-refractivity contribution in [2.75, 3.05) is 0 Å². The first kappa shape index (κ1) is 20.3. The molecule has 4 fully saturated rings. The van der Waals surface area contributed by atoms with Crippen molar-refractivity contribution in [1.29, 1.82) is 0 Å². The average molecular weight is 461 g/mol. The van der Waals surface area contributed by atoms with Gasteiger partial charge in [-0.1, -0.05) is 0 Å². The Morgan fingerprint density at radius 1 is 0.471 bits per heavy atom. The maximum absolute atomic E-state index is 5.77. The highest BCUT2D eigenvalue weighted by Crippen LogP contribution is 2.47. The summed E-state index contributed by atoms with van der Waals surface area (Å²) in [5, 5.41) is 0. The summed E-state index contributed by atoms with van der Waals surface area (Å²) < 4.78 is 23.1. The fourth-order valence-electron chi connectivity index (χ4n) is 6.19. The average Bonchev–Trinajstić information content (AvgIpc) is 3.65. The van der Waals surface area contributed by atoms with Crippen molar-refractivity contribution in [3.63, 3.8) is 0 Å². The maximum Gasteiger partial charge on any atom is 0.117 e. The summed E-state index contributed by atoms with van der Waals surface area (Å²) >= 11 is 0. The molecule has 0 saturated carbocycles. The number of hydrogen-bond acceptors (Lipinski definition) is 8. The maximum atomic E-state index is 5.77. The molecule has 0 atom stereocenters. The lowest BCUT2D eigenvalue weighted by atomic mass is 9.90. The van der Waals surface area contributed by atoms with Crippen LogP contribution in [0.3, 0.4) is 0 Å². The molecule has 0 aliphatic carbocycles. The molecule has 0 spiro atoms. The van der Waals surface area contributed by atoms with Gasteiger partial charge in [0.15, 0.2) is 0 Å². The summed E-state index contributed by atoms with van der Waals surface area (Å²) in [5.41, 5.74) is 0. The molecule has 34 heavy (non-hydrogen) atoms. The molecule has 0 N–H and O–H groups in total. The zero-order valence-corrected chi connectivity index (χ0v) is 18.9. The number of hydrogen-bond donors (Lipinski definition) is 0. The van der Waals surface area contributed by atoms with Crippen LogP contribution in [-0.2, 0) is 26.2 Å². The van der Waals surface area contributed by atoms with Gasteiger partial charge in [-0.2, -0.15) is 0 Å². The van der Waals surface area contributed by atoms with E-state index in [9.17, 15) is 0 Å². The first-order valence-electron chi connectivity index (χ1n) is 12.0. The highest BCUT2D eigenvalue weighted by molar-refractivity contribution is 5.12. The second kappa shape index (κ2) is 8.32. The van der Waals surface area contributed by atoms with Gasteiger partial charge in [-0.25, -0.2) is 0 Å². The van der Waals surface area contributed by atoms with Gasteiger partial charge >= 0.3 is 0 Å². The molecule has 8 nitrogen and oxygen atoms in total. The zero-order valence-electron chi connectivity index (χ0n) is 18.9. The van der Waals surface area contributed by atoms with Crippen molar-refractivity contribution in [3.05, 3.63) is 96.6 Å². The van der Waals surface area contributed by atoms with E-state index in [1.807, 2.05) is 24.3 Å². The summed E-state index contributed by atoms with van der Waals surface area (Å²) in [6.07, 6.45) is 10.2. The Morgan fingerprint density at radius 3 is 0.941 bits per heavy atom. The van der Waals surface area contributed by atoms with Gasteiger partial charge in [0, 0.05) is 12.8 Å². The normalized spacial score (nSPS) is 27.8. The fraction of sp³-hybridized carbons (Fsp3) is 0.385. The van der Waals surface area contributed by atoms with Crippen LogP contribution in [0, 0.1) is 0 Å². The highest BCUT2D eigenvalue weighted by Gasteiger charge is 2.58. The summed E-state index contributed by atoms with van der Waals surface area (Å²) in [4.78, 5) is 10.4. The largest absolute Gasteiger partial charge is 0.468 e. The predicted octanol–water partition coefficient (Wildman–Crippen LogP) is 4.49. The van der Waals surface area contributed by atoms with Crippen molar-refractivity contribution in [1.82, 2.24) is 19.6 Å². The van der Waals surface area contributed by atoms with E-state index in [4.69, 9.17) is 17.7 Å². The van der Waals surface area contributed by atoms with Crippen molar-refractivity contribution in [2.45, 2.75) is 63.7 Å². The van der Waals surface area contributed by atoms with Crippen molar-refractivity contribution >= 4 is 0 Å². The molecular weight excluding hydrogens is 432 g/mol. The third-order valence-electron chi connectivity index (χ3n) is 7.58. The molecule has 0 unspecified atom stereocenters. The van der Waals surface area contributed by atoms with Crippen molar-refractivity contribution in [2.24, 2.45) is 0 Å². The lowest BCUT2D eigenvalue weighted by Gasteiger charge is -2.69. The van der Waals surface area contributed by atoms with Crippen LogP contribution in [0.15, 0.2) is 91.3 Å². The van der Waals surface area contributed by atoms with Gasteiger partial charge in [0.25, 0.3) is 0 Å².